The van der Waals surface area contributed by atoms with Gasteiger partial charge < -0.3 is 14.9 Å². The summed E-state index contributed by atoms with van der Waals surface area (Å²) in [4.78, 5) is 12.6. The van der Waals surface area contributed by atoms with E-state index in [1.165, 1.54) is 0 Å². The van der Waals surface area contributed by atoms with Gasteiger partial charge in [-0.1, -0.05) is 12.5 Å². The molecule has 1 spiro atoms. The Morgan fingerprint density at radius 1 is 1.29 bits per heavy atom. The Balaban J connectivity index is 2.01. The second kappa shape index (κ2) is 5.40. The topological polar surface area (TPSA) is 66.8 Å². The van der Waals surface area contributed by atoms with Crippen LogP contribution in [0.4, 0.5) is 0 Å². The van der Waals surface area contributed by atoms with Crippen LogP contribution in [0.15, 0.2) is 12.7 Å². The van der Waals surface area contributed by atoms with Gasteiger partial charge in [-0.25, -0.2) is 0 Å². The third-order valence-electron chi connectivity index (χ3n) is 6.25. The van der Waals surface area contributed by atoms with E-state index in [0.29, 0.717) is 19.4 Å². The third kappa shape index (κ3) is 2.07. The van der Waals surface area contributed by atoms with E-state index in [2.05, 4.69) is 6.58 Å². The molecule has 2 N–H and O–H groups in total. The first kappa shape index (κ1) is 15.0. The fourth-order valence-corrected chi connectivity index (χ4v) is 5.41. The van der Waals surface area contributed by atoms with Crippen molar-refractivity contribution in [1.82, 2.24) is 0 Å². The van der Waals surface area contributed by atoms with Gasteiger partial charge in [0.25, 0.3) is 0 Å². The van der Waals surface area contributed by atoms with Gasteiger partial charge in [-0.2, -0.15) is 0 Å². The van der Waals surface area contributed by atoms with Gasteiger partial charge in [-0.15, -0.1) is 6.58 Å². The lowest BCUT2D eigenvalue weighted by atomic mass is 9.51. The molecule has 4 nitrogen and oxygen atoms in total. The zero-order chi connectivity index (χ0) is 15.1. The number of fused-ring (bicyclic) bond motifs is 2. The van der Waals surface area contributed by atoms with Crippen molar-refractivity contribution in [2.45, 2.75) is 63.6 Å². The molecule has 3 aliphatic rings. The van der Waals surface area contributed by atoms with E-state index in [0.717, 1.165) is 38.5 Å². The molecule has 1 saturated heterocycles. The summed E-state index contributed by atoms with van der Waals surface area (Å²) in [6.45, 7) is 4.10. The second-order valence-electron chi connectivity index (χ2n) is 7.11. The summed E-state index contributed by atoms with van der Waals surface area (Å²) in [5.74, 6) is -0.448. The lowest BCUT2D eigenvalue weighted by molar-refractivity contribution is -0.204. The molecule has 0 aromatic heterocycles. The van der Waals surface area contributed by atoms with Crippen molar-refractivity contribution in [3.63, 3.8) is 0 Å². The number of esters is 1. The van der Waals surface area contributed by atoms with Crippen molar-refractivity contribution in [2.75, 3.05) is 6.61 Å². The van der Waals surface area contributed by atoms with Crippen LogP contribution in [0.5, 0.6) is 0 Å². The summed E-state index contributed by atoms with van der Waals surface area (Å²) in [7, 11) is 0. The smallest absolute Gasteiger partial charge is 0.315 e. The summed E-state index contributed by atoms with van der Waals surface area (Å²) in [5.41, 5.74) is -0.920. The van der Waals surface area contributed by atoms with Gasteiger partial charge in [0.1, 0.15) is 0 Å². The molecule has 0 bridgehead atoms. The number of aliphatic hydroxyl groups excluding tert-OH is 2. The van der Waals surface area contributed by atoms with Gasteiger partial charge in [0.15, 0.2) is 0 Å². The van der Waals surface area contributed by atoms with E-state index in [4.69, 9.17) is 4.74 Å². The van der Waals surface area contributed by atoms with E-state index in [9.17, 15) is 15.0 Å². The SMILES string of the molecule is C=CCC[C@]12CCC[C@]3(C(=O)OCC[C@@H]3O)[C@H]1[C@H](O)CC2. The zero-order valence-electron chi connectivity index (χ0n) is 12.6. The molecule has 3 rings (SSSR count). The van der Waals surface area contributed by atoms with Crippen molar-refractivity contribution in [2.24, 2.45) is 16.7 Å². The standard InChI is InChI=1S/C17H26O4/c1-2-3-7-16-8-4-9-17(14(16)12(18)5-10-16)13(19)6-11-21-15(17)20/h2,12-14,18-19H,1,3-11H2/t12-,13+,14+,16-,17-/m1/s1. The summed E-state index contributed by atoms with van der Waals surface area (Å²) >= 11 is 0. The van der Waals surface area contributed by atoms with Gasteiger partial charge >= 0.3 is 5.97 Å². The van der Waals surface area contributed by atoms with E-state index in [1.807, 2.05) is 6.08 Å². The van der Waals surface area contributed by atoms with Gasteiger partial charge in [0, 0.05) is 12.3 Å². The average Bonchev–Trinajstić information content (AvgIpc) is 2.82. The van der Waals surface area contributed by atoms with Crippen LogP contribution >= 0.6 is 0 Å². The number of hydrogen-bond donors (Lipinski definition) is 2. The highest BCUT2D eigenvalue weighted by atomic mass is 16.5. The molecule has 118 valence electrons. The highest BCUT2D eigenvalue weighted by Crippen LogP contribution is 2.63. The number of aliphatic hydroxyl groups is 2. The lowest BCUT2D eigenvalue weighted by Crippen LogP contribution is -2.60. The van der Waals surface area contributed by atoms with E-state index in [-0.39, 0.29) is 17.3 Å². The summed E-state index contributed by atoms with van der Waals surface area (Å²) < 4.78 is 5.32. The molecule has 2 saturated carbocycles. The maximum absolute atomic E-state index is 12.6. The van der Waals surface area contributed by atoms with Crippen LogP contribution in [0.25, 0.3) is 0 Å². The average molecular weight is 294 g/mol. The molecule has 1 aliphatic heterocycles. The van der Waals surface area contributed by atoms with E-state index < -0.39 is 17.6 Å². The fourth-order valence-electron chi connectivity index (χ4n) is 5.41. The maximum Gasteiger partial charge on any atom is 0.315 e. The van der Waals surface area contributed by atoms with Crippen LogP contribution in [0, 0.1) is 16.7 Å². The molecular formula is C17H26O4. The van der Waals surface area contributed by atoms with E-state index in [1.54, 1.807) is 0 Å². The van der Waals surface area contributed by atoms with Gasteiger partial charge in [0.05, 0.1) is 24.2 Å². The van der Waals surface area contributed by atoms with Crippen LogP contribution in [-0.2, 0) is 9.53 Å². The monoisotopic (exact) mass is 294 g/mol. The molecule has 0 aromatic rings. The zero-order valence-corrected chi connectivity index (χ0v) is 12.6. The van der Waals surface area contributed by atoms with Crippen molar-refractivity contribution in [3.05, 3.63) is 12.7 Å². The number of hydrogen-bond acceptors (Lipinski definition) is 4. The van der Waals surface area contributed by atoms with Crippen molar-refractivity contribution < 1.29 is 19.7 Å². The minimum Gasteiger partial charge on any atom is -0.465 e. The van der Waals surface area contributed by atoms with Gasteiger partial charge in [0.2, 0.25) is 0 Å². The first-order chi connectivity index (χ1) is 10.1. The molecule has 5 atom stereocenters. The Bertz CT molecular complexity index is 431. The number of ether oxygens (including phenoxy) is 1. The number of cyclic esters (lactones) is 1. The molecule has 0 amide bonds. The predicted octanol–water partition coefficient (Wildman–Crippen LogP) is 2.19. The maximum atomic E-state index is 12.6. The highest BCUT2D eigenvalue weighted by molar-refractivity contribution is 5.79. The highest BCUT2D eigenvalue weighted by Gasteiger charge is 2.66. The van der Waals surface area contributed by atoms with E-state index >= 15 is 0 Å². The first-order valence-corrected chi connectivity index (χ1v) is 8.21. The molecule has 1 heterocycles. The molecule has 0 unspecified atom stereocenters. The third-order valence-corrected chi connectivity index (χ3v) is 6.25. The Hall–Kier alpha value is -0.870. The van der Waals surface area contributed by atoms with Crippen LogP contribution < -0.4 is 0 Å². The second-order valence-corrected chi connectivity index (χ2v) is 7.11. The molecular weight excluding hydrogens is 268 g/mol. The molecule has 2 aliphatic carbocycles. The Kier molecular flexibility index (Phi) is 3.87. The number of carbonyl (C=O) groups excluding carboxylic acids is 1. The number of allylic oxidation sites excluding steroid dienone is 1. The largest absolute Gasteiger partial charge is 0.465 e. The van der Waals surface area contributed by atoms with Gasteiger partial charge in [-0.05, 0) is 43.9 Å². The van der Waals surface area contributed by atoms with Crippen molar-refractivity contribution >= 4 is 5.97 Å². The van der Waals surface area contributed by atoms with Gasteiger partial charge in [-0.3, -0.25) is 4.79 Å². The Labute approximate surface area is 126 Å². The number of carbonyl (C=O) groups is 1. The summed E-state index contributed by atoms with van der Waals surface area (Å²) in [5, 5.41) is 21.2. The fraction of sp³-hybridized carbons (Fsp3) is 0.824. The van der Waals surface area contributed by atoms with Crippen LogP contribution in [0.3, 0.4) is 0 Å². The number of rotatable bonds is 3. The lowest BCUT2D eigenvalue weighted by Gasteiger charge is -2.54. The molecule has 4 heteroatoms. The Morgan fingerprint density at radius 2 is 2.10 bits per heavy atom. The van der Waals surface area contributed by atoms with Crippen LogP contribution in [-0.4, -0.2) is 35.0 Å². The normalized spacial score (nSPS) is 46.2. The first-order valence-electron chi connectivity index (χ1n) is 8.21. The van der Waals surface area contributed by atoms with Crippen molar-refractivity contribution in [1.29, 1.82) is 0 Å². The summed E-state index contributed by atoms with van der Waals surface area (Å²) in [6, 6.07) is 0. The molecule has 3 fully saturated rings. The van der Waals surface area contributed by atoms with Crippen LogP contribution in [0.1, 0.15) is 51.4 Å². The quantitative estimate of drug-likeness (QED) is 0.618. The van der Waals surface area contributed by atoms with Crippen LogP contribution in [0.2, 0.25) is 0 Å². The Morgan fingerprint density at radius 3 is 2.81 bits per heavy atom. The van der Waals surface area contributed by atoms with Crippen molar-refractivity contribution in [3.8, 4) is 0 Å². The predicted molar refractivity (Wildman–Crippen MR) is 78.5 cm³/mol. The molecule has 0 radical (unpaired) electrons. The molecule has 0 aromatic carbocycles. The summed E-state index contributed by atoms with van der Waals surface area (Å²) in [6.07, 6.45) is 7.32. The minimum absolute atomic E-state index is 0.0385. The molecule has 21 heavy (non-hydrogen) atoms. The minimum atomic E-state index is -0.881.